The number of nitrogens with two attached hydrogens (primary N) is 1. The van der Waals surface area contributed by atoms with Gasteiger partial charge in [-0.15, -0.1) is 0 Å². The number of carbonyl (C=O) groups is 1. The Morgan fingerprint density at radius 1 is 1.47 bits per heavy atom. The first-order chi connectivity index (χ1) is 7.13. The molecular formula is C10H12ClNO2S. The summed E-state index contributed by atoms with van der Waals surface area (Å²) in [6.07, 6.45) is 0. The van der Waals surface area contributed by atoms with Crippen LogP contribution in [0.1, 0.15) is 5.56 Å². The zero-order valence-electron chi connectivity index (χ0n) is 8.02. The normalized spacial score (nSPS) is 12.2. The summed E-state index contributed by atoms with van der Waals surface area (Å²) in [5.41, 5.74) is 6.31. The lowest BCUT2D eigenvalue weighted by molar-refractivity contribution is -0.145. The average molecular weight is 246 g/mol. The van der Waals surface area contributed by atoms with Crippen LogP contribution in [0, 0.1) is 0 Å². The van der Waals surface area contributed by atoms with Gasteiger partial charge in [0.05, 0.1) is 0 Å². The van der Waals surface area contributed by atoms with Gasteiger partial charge in [0.2, 0.25) is 0 Å². The number of thiol groups is 1. The highest BCUT2D eigenvalue weighted by Crippen LogP contribution is 2.10. The number of rotatable bonds is 4. The first kappa shape index (κ1) is 12.4. The van der Waals surface area contributed by atoms with Crippen molar-refractivity contribution in [3.63, 3.8) is 0 Å². The van der Waals surface area contributed by atoms with E-state index in [-0.39, 0.29) is 12.4 Å². The Morgan fingerprint density at radius 3 is 2.60 bits per heavy atom. The van der Waals surface area contributed by atoms with E-state index in [1.165, 1.54) is 0 Å². The van der Waals surface area contributed by atoms with Gasteiger partial charge in [-0.2, -0.15) is 12.6 Å². The van der Waals surface area contributed by atoms with Gasteiger partial charge in [0, 0.05) is 10.8 Å². The lowest BCUT2D eigenvalue weighted by Crippen LogP contribution is -2.33. The molecule has 1 aromatic carbocycles. The maximum Gasteiger partial charge on any atom is 0.324 e. The molecule has 0 bridgehead atoms. The standard InChI is InChI=1S/C10H12ClNO2S/c11-8-3-1-7(2-4-8)5-14-10(13)9(12)6-15/h1-4,9,15H,5-6,12H2/t9-/m1/s1. The molecular weight excluding hydrogens is 234 g/mol. The minimum atomic E-state index is -0.666. The van der Waals surface area contributed by atoms with Gasteiger partial charge >= 0.3 is 5.97 Å². The molecule has 15 heavy (non-hydrogen) atoms. The fraction of sp³-hybridized carbons (Fsp3) is 0.300. The van der Waals surface area contributed by atoms with E-state index >= 15 is 0 Å². The van der Waals surface area contributed by atoms with Crippen LogP contribution in [0.4, 0.5) is 0 Å². The van der Waals surface area contributed by atoms with Crippen molar-refractivity contribution in [2.45, 2.75) is 12.6 Å². The lowest BCUT2D eigenvalue weighted by Gasteiger charge is -2.08. The summed E-state index contributed by atoms with van der Waals surface area (Å²) in [6, 6.07) is 6.40. The summed E-state index contributed by atoms with van der Waals surface area (Å²) in [6.45, 7) is 0.206. The Hall–Kier alpha value is -0.710. The Balaban J connectivity index is 2.43. The summed E-state index contributed by atoms with van der Waals surface area (Å²) >= 11 is 9.61. The van der Waals surface area contributed by atoms with E-state index in [4.69, 9.17) is 22.1 Å². The van der Waals surface area contributed by atoms with Gasteiger partial charge in [0.1, 0.15) is 12.6 Å². The largest absolute Gasteiger partial charge is 0.460 e. The Morgan fingerprint density at radius 2 is 2.07 bits per heavy atom. The molecule has 3 nitrogen and oxygen atoms in total. The van der Waals surface area contributed by atoms with Crippen LogP contribution in [0.25, 0.3) is 0 Å². The van der Waals surface area contributed by atoms with Gasteiger partial charge in [-0.1, -0.05) is 23.7 Å². The third-order valence-electron chi connectivity index (χ3n) is 1.79. The summed E-state index contributed by atoms with van der Waals surface area (Å²) < 4.78 is 4.96. The van der Waals surface area contributed by atoms with Crippen LogP contribution in [-0.2, 0) is 16.1 Å². The monoisotopic (exact) mass is 245 g/mol. The van der Waals surface area contributed by atoms with Gasteiger partial charge in [0.15, 0.2) is 0 Å². The number of ether oxygens (including phenoxy) is 1. The minimum absolute atomic E-state index is 0.206. The van der Waals surface area contributed by atoms with Gasteiger partial charge in [-0.05, 0) is 17.7 Å². The molecule has 0 aliphatic carbocycles. The van der Waals surface area contributed by atoms with Crippen LogP contribution in [0.15, 0.2) is 24.3 Å². The number of hydrogen-bond donors (Lipinski definition) is 2. The molecule has 0 saturated heterocycles. The number of hydrogen-bond acceptors (Lipinski definition) is 4. The third kappa shape index (κ3) is 4.11. The van der Waals surface area contributed by atoms with Gasteiger partial charge < -0.3 is 10.5 Å². The molecule has 0 amide bonds. The fourth-order valence-corrected chi connectivity index (χ4v) is 1.19. The highest BCUT2D eigenvalue weighted by atomic mass is 35.5. The van der Waals surface area contributed by atoms with Crippen LogP contribution in [0.5, 0.6) is 0 Å². The van der Waals surface area contributed by atoms with Crippen LogP contribution in [0.3, 0.4) is 0 Å². The molecule has 0 saturated carbocycles. The summed E-state index contributed by atoms with van der Waals surface area (Å²) in [7, 11) is 0. The second kappa shape index (κ2) is 6.00. The molecule has 0 unspecified atom stereocenters. The maximum atomic E-state index is 11.2. The van der Waals surface area contributed by atoms with Gasteiger partial charge in [-0.3, -0.25) is 4.79 Å². The maximum absolute atomic E-state index is 11.2. The first-order valence-corrected chi connectivity index (χ1v) is 5.42. The van der Waals surface area contributed by atoms with Crippen molar-refractivity contribution >= 4 is 30.2 Å². The van der Waals surface area contributed by atoms with Crippen LogP contribution in [-0.4, -0.2) is 17.8 Å². The highest BCUT2D eigenvalue weighted by Gasteiger charge is 2.12. The first-order valence-electron chi connectivity index (χ1n) is 4.41. The number of halogens is 1. The Kier molecular flexibility index (Phi) is 4.94. The van der Waals surface area contributed by atoms with Crippen molar-refractivity contribution < 1.29 is 9.53 Å². The predicted octanol–water partition coefficient (Wildman–Crippen LogP) is 1.64. The molecule has 2 N–H and O–H groups in total. The van der Waals surface area contributed by atoms with Crippen molar-refractivity contribution in [2.24, 2.45) is 5.73 Å². The number of carbonyl (C=O) groups excluding carboxylic acids is 1. The molecule has 1 rings (SSSR count). The molecule has 0 aliphatic heterocycles. The van der Waals surface area contributed by atoms with E-state index in [1.807, 2.05) is 0 Å². The van der Waals surface area contributed by atoms with Crippen molar-refractivity contribution in [3.05, 3.63) is 34.9 Å². The quantitative estimate of drug-likeness (QED) is 0.626. The van der Waals surface area contributed by atoms with Crippen LogP contribution in [0.2, 0.25) is 5.02 Å². The average Bonchev–Trinajstić information content (AvgIpc) is 2.26. The van der Waals surface area contributed by atoms with Crippen LogP contribution < -0.4 is 5.73 Å². The van der Waals surface area contributed by atoms with Crippen molar-refractivity contribution in [3.8, 4) is 0 Å². The predicted molar refractivity (Wildman–Crippen MR) is 63.1 cm³/mol. The molecule has 1 aromatic rings. The SMILES string of the molecule is N[C@H](CS)C(=O)OCc1ccc(Cl)cc1. The highest BCUT2D eigenvalue weighted by molar-refractivity contribution is 7.80. The van der Waals surface area contributed by atoms with Gasteiger partial charge in [-0.25, -0.2) is 0 Å². The van der Waals surface area contributed by atoms with Crippen molar-refractivity contribution in [1.82, 2.24) is 0 Å². The van der Waals surface area contributed by atoms with Crippen LogP contribution >= 0.6 is 24.2 Å². The second-order valence-electron chi connectivity index (χ2n) is 3.02. The molecule has 0 spiro atoms. The molecule has 82 valence electrons. The van der Waals surface area contributed by atoms with E-state index in [0.29, 0.717) is 5.02 Å². The third-order valence-corrected chi connectivity index (χ3v) is 2.44. The van der Waals surface area contributed by atoms with Crippen molar-refractivity contribution in [1.29, 1.82) is 0 Å². The van der Waals surface area contributed by atoms with E-state index in [1.54, 1.807) is 24.3 Å². The summed E-state index contributed by atoms with van der Waals surface area (Å²) in [4.78, 5) is 11.2. The van der Waals surface area contributed by atoms with E-state index < -0.39 is 12.0 Å². The molecule has 0 aromatic heterocycles. The van der Waals surface area contributed by atoms with Gasteiger partial charge in [0.25, 0.3) is 0 Å². The van der Waals surface area contributed by atoms with E-state index in [9.17, 15) is 4.79 Å². The number of benzene rings is 1. The molecule has 0 aliphatic rings. The summed E-state index contributed by atoms with van der Waals surface area (Å²) in [5, 5.41) is 0.650. The lowest BCUT2D eigenvalue weighted by atomic mass is 10.2. The zero-order chi connectivity index (χ0) is 11.3. The molecule has 0 fully saturated rings. The fourth-order valence-electron chi connectivity index (χ4n) is 0.917. The Bertz CT molecular complexity index is 329. The van der Waals surface area contributed by atoms with Crippen molar-refractivity contribution in [2.75, 3.05) is 5.75 Å². The molecule has 5 heteroatoms. The number of esters is 1. The molecule has 0 heterocycles. The summed E-state index contributed by atoms with van der Waals surface area (Å²) in [5.74, 6) is -0.167. The van der Waals surface area contributed by atoms with E-state index in [2.05, 4.69) is 12.6 Å². The molecule has 0 radical (unpaired) electrons. The smallest absolute Gasteiger partial charge is 0.324 e. The second-order valence-corrected chi connectivity index (χ2v) is 3.82. The minimum Gasteiger partial charge on any atom is -0.460 e. The Labute approximate surface area is 99.0 Å². The zero-order valence-corrected chi connectivity index (χ0v) is 9.67. The molecule has 1 atom stereocenters. The topological polar surface area (TPSA) is 52.3 Å². The van der Waals surface area contributed by atoms with E-state index in [0.717, 1.165) is 5.56 Å².